The average molecular weight is 241 g/mol. The van der Waals surface area contributed by atoms with Crippen molar-refractivity contribution in [3.8, 4) is 0 Å². The van der Waals surface area contributed by atoms with Crippen molar-refractivity contribution in [1.29, 1.82) is 0 Å². The van der Waals surface area contributed by atoms with Crippen LogP contribution in [0.25, 0.3) is 0 Å². The number of benzene rings is 1. The number of nitrogens with zero attached hydrogens (tertiary/aromatic N) is 1. The number of hydrogen-bond acceptors (Lipinski definition) is 2. The summed E-state index contributed by atoms with van der Waals surface area (Å²) in [5.41, 5.74) is 0.620. The van der Waals surface area contributed by atoms with E-state index in [1.165, 1.54) is 12.1 Å². The third kappa shape index (κ3) is 2.82. The van der Waals surface area contributed by atoms with Gasteiger partial charge in [-0.1, -0.05) is 6.92 Å². The highest BCUT2D eigenvalue weighted by Crippen LogP contribution is 2.25. The molecule has 17 heavy (non-hydrogen) atoms. The second-order valence-corrected chi connectivity index (χ2v) is 4.76. The van der Waals surface area contributed by atoms with Crippen LogP contribution in [0.15, 0.2) is 18.2 Å². The SMILES string of the molecule is CC1CCN(Cc2cc(F)cc(F)c2)C1CO. The van der Waals surface area contributed by atoms with Gasteiger partial charge in [-0.3, -0.25) is 4.90 Å². The maximum atomic E-state index is 13.0. The summed E-state index contributed by atoms with van der Waals surface area (Å²) in [5, 5.41) is 9.30. The minimum absolute atomic E-state index is 0.0962. The van der Waals surface area contributed by atoms with Crippen LogP contribution in [0.2, 0.25) is 0 Å². The van der Waals surface area contributed by atoms with Gasteiger partial charge < -0.3 is 5.11 Å². The lowest BCUT2D eigenvalue weighted by molar-refractivity contribution is 0.134. The fourth-order valence-corrected chi connectivity index (χ4v) is 2.52. The molecule has 1 saturated heterocycles. The first kappa shape index (κ1) is 12.5. The van der Waals surface area contributed by atoms with Crippen molar-refractivity contribution < 1.29 is 13.9 Å². The van der Waals surface area contributed by atoms with Crippen molar-refractivity contribution in [2.24, 2.45) is 5.92 Å². The lowest BCUT2D eigenvalue weighted by Gasteiger charge is -2.25. The van der Waals surface area contributed by atoms with E-state index in [0.29, 0.717) is 18.0 Å². The van der Waals surface area contributed by atoms with Crippen LogP contribution in [-0.2, 0) is 6.54 Å². The first-order valence-corrected chi connectivity index (χ1v) is 5.90. The number of hydrogen-bond donors (Lipinski definition) is 1. The van der Waals surface area contributed by atoms with E-state index in [9.17, 15) is 13.9 Å². The van der Waals surface area contributed by atoms with E-state index in [2.05, 4.69) is 11.8 Å². The van der Waals surface area contributed by atoms with Gasteiger partial charge in [0.2, 0.25) is 0 Å². The molecule has 0 bridgehead atoms. The molecule has 4 heteroatoms. The summed E-state index contributed by atoms with van der Waals surface area (Å²) in [6.45, 7) is 3.54. The molecular formula is C13H17F2NO. The van der Waals surface area contributed by atoms with Gasteiger partial charge in [-0.05, 0) is 36.6 Å². The molecule has 1 heterocycles. The highest BCUT2D eigenvalue weighted by atomic mass is 19.1. The monoisotopic (exact) mass is 241 g/mol. The van der Waals surface area contributed by atoms with Gasteiger partial charge in [0.15, 0.2) is 0 Å². The largest absolute Gasteiger partial charge is 0.395 e. The van der Waals surface area contributed by atoms with Gasteiger partial charge in [-0.2, -0.15) is 0 Å². The zero-order valence-electron chi connectivity index (χ0n) is 9.87. The van der Waals surface area contributed by atoms with Gasteiger partial charge in [0.25, 0.3) is 0 Å². The summed E-state index contributed by atoms with van der Waals surface area (Å²) in [4.78, 5) is 2.08. The predicted molar refractivity (Wildman–Crippen MR) is 61.4 cm³/mol. The minimum atomic E-state index is -0.548. The number of halogens is 2. The smallest absolute Gasteiger partial charge is 0.126 e. The van der Waals surface area contributed by atoms with Gasteiger partial charge in [0.1, 0.15) is 11.6 Å². The molecule has 1 aliphatic rings. The third-order valence-corrected chi connectivity index (χ3v) is 3.49. The van der Waals surface area contributed by atoms with E-state index < -0.39 is 11.6 Å². The second kappa shape index (κ2) is 5.10. The van der Waals surface area contributed by atoms with Crippen molar-refractivity contribution in [2.45, 2.75) is 25.9 Å². The number of likely N-dealkylation sites (tertiary alicyclic amines) is 1. The van der Waals surface area contributed by atoms with Crippen molar-refractivity contribution in [1.82, 2.24) is 4.90 Å². The quantitative estimate of drug-likeness (QED) is 0.876. The van der Waals surface area contributed by atoms with Crippen LogP contribution in [0, 0.1) is 17.6 Å². The lowest BCUT2D eigenvalue weighted by atomic mass is 10.0. The van der Waals surface area contributed by atoms with Crippen LogP contribution in [-0.4, -0.2) is 29.2 Å². The van der Waals surface area contributed by atoms with Crippen molar-refractivity contribution in [3.05, 3.63) is 35.4 Å². The fraction of sp³-hybridized carbons (Fsp3) is 0.538. The fourth-order valence-electron chi connectivity index (χ4n) is 2.52. The van der Waals surface area contributed by atoms with Gasteiger partial charge in [-0.25, -0.2) is 8.78 Å². The maximum absolute atomic E-state index is 13.0. The highest BCUT2D eigenvalue weighted by Gasteiger charge is 2.30. The van der Waals surface area contributed by atoms with Crippen molar-refractivity contribution in [3.63, 3.8) is 0 Å². The Kier molecular flexibility index (Phi) is 3.74. The second-order valence-electron chi connectivity index (χ2n) is 4.76. The Morgan fingerprint density at radius 1 is 1.29 bits per heavy atom. The Labute approximate surface area is 99.9 Å². The van der Waals surface area contributed by atoms with Crippen molar-refractivity contribution in [2.75, 3.05) is 13.2 Å². The molecular weight excluding hydrogens is 224 g/mol. The molecule has 2 unspecified atom stereocenters. The molecule has 1 aromatic carbocycles. The molecule has 1 aromatic rings. The summed E-state index contributed by atoms with van der Waals surface area (Å²) in [6.07, 6.45) is 1.02. The normalized spacial score (nSPS) is 25.4. The summed E-state index contributed by atoms with van der Waals surface area (Å²) in [7, 11) is 0. The Hall–Kier alpha value is -1.00. The van der Waals surface area contributed by atoms with E-state index in [0.717, 1.165) is 19.0 Å². The first-order chi connectivity index (χ1) is 8.10. The Morgan fingerprint density at radius 2 is 1.94 bits per heavy atom. The third-order valence-electron chi connectivity index (χ3n) is 3.49. The summed E-state index contributed by atoms with van der Waals surface area (Å²) < 4.78 is 26.1. The topological polar surface area (TPSA) is 23.5 Å². The van der Waals surface area contributed by atoms with Gasteiger partial charge in [-0.15, -0.1) is 0 Å². The molecule has 2 rings (SSSR count). The molecule has 2 nitrogen and oxygen atoms in total. The van der Waals surface area contributed by atoms with Gasteiger partial charge >= 0.3 is 0 Å². The van der Waals surface area contributed by atoms with E-state index >= 15 is 0 Å². The Balaban J connectivity index is 2.10. The molecule has 0 amide bonds. The Morgan fingerprint density at radius 3 is 2.53 bits per heavy atom. The van der Waals surface area contributed by atoms with Gasteiger partial charge in [0.05, 0.1) is 6.61 Å². The van der Waals surface area contributed by atoms with Crippen molar-refractivity contribution >= 4 is 0 Å². The van der Waals surface area contributed by atoms with Gasteiger partial charge in [0, 0.05) is 18.7 Å². The van der Waals surface area contributed by atoms with E-state index in [4.69, 9.17) is 0 Å². The zero-order chi connectivity index (χ0) is 12.4. The molecule has 2 atom stereocenters. The maximum Gasteiger partial charge on any atom is 0.126 e. The minimum Gasteiger partial charge on any atom is -0.395 e. The molecule has 1 N–H and O–H groups in total. The van der Waals surface area contributed by atoms with E-state index in [-0.39, 0.29) is 12.6 Å². The molecule has 0 radical (unpaired) electrons. The van der Waals surface area contributed by atoms with Crippen LogP contribution in [0.4, 0.5) is 8.78 Å². The molecule has 0 saturated carbocycles. The Bertz CT molecular complexity index is 377. The molecule has 94 valence electrons. The van der Waals surface area contributed by atoms with Crippen LogP contribution in [0.1, 0.15) is 18.9 Å². The molecule has 0 aliphatic carbocycles. The van der Waals surface area contributed by atoms with E-state index in [1.54, 1.807) is 0 Å². The highest BCUT2D eigenvalue weighted by molar-refractivity contribution is 5.18. The number of rotatable bonds is 3. The first-order valence-electron chi connectivity index (χ1n) is 5.90. The number of aliphatic hydroxyl groups is 1. The number of aliphatic hydroxyl groups excluding tert-OH is 1. The van der Waals surface area contributed by atoms with E-state index in [1.807, 2.05) is 0 Å². The summed E-state index contributed by atoms with van der Waals surface area (Å²) in [5.74, 6) is -0.668. The lowest BCUT2D eigenvalue weighted by Crippen LogP contribution is -2.34. The van der Waals surface area contributed by atoms with Crippen LogP contribution < -0.4 is 0 Å². The standard InChI is InChI=1S/C13H17F2NO/c1-9-2-3-16(13(9)8-17)7-10-4-11(14)6-12(15)5-10/h4-6,9,13,17H,2-3,7-8H2,1H3. The average Bonchev–Trinajstić information content (AvgIpc) is 2.57. The zero-order valence-corrected chi connectivity index (χ0v) is 9.87. The van der Waals surface area contributed by atoms with Crippen LogP contribution in [0.3, 0.4) is 0 Å². The molecule has 1 fully saturated rings. The molecule has 0 spiro atoms. The molecule has 1 aliphatic heterocycles. The summed E-state index contributed by atoms with van der Waals surface area (Å²) >= 11 is 0. The molecule has 0 aromatic heterocycles. The van der Waals surface area contributed by atoms with Crippen LogP contribution >= 0.6 is 0 Å². The summed E-state index contributed by atoms with van der Waals surface area (Å²) in [6, 6.07) is 3.67. The van der Waals surface area contributed by atoms with Crippen LogP contribution in [0.5, 0.6) is 0 Å². The predicted octanol–water partition coefficient (Wildman–Crippen LogP) is 2.17.